The molecule has 0 aliphatic carbocycles. The average Bonchev–Trinajstić information content (AvgIpc) is 3.11. The second-order valence-electron chi connectivity index (χ2n) is 7.36. The normalized spacial score (nSPS) is 20.1. The topological polar surface area (TPSA) is 59.1 Å². The number of piperidine rings is 1. The summed E-state index contributed by atoms with van der Waals surface area (Å²) >= 11 is 0. The minimum Gasteiger partial charge on any atom is -0.497 e. The molecule has 1 atom stereocenters. The Morgan fingerprint density at radius 1 is 1.15 bits per heavy atom. The van der Waals surface area contributed by atoms with E-state index in [1.54, 1.807) is 14.2 Å². The lowest BCUT2D eigenvalue weighted by molar-refractivity contribution is -0.134. The van der Waals surface area contributed by atoms with Gasteiger partial charge in [0.2, 0.25) is 11.8 Å². The summed E-state index contributed by atoms with van der Waals surface area (Å²) in [5.41, 5.74) is 0.877. The highest BCUT2D eigenvalue weighted by Crippen LogP contribution is 2.27. The van der Waals surface area contributed by atoms with Gasteiger partial charge in [0, 0.05) is 43.7 Å². The van der Waals surface area contributed by atoms with Crippen molar-refractivity contribution in [3.8, 4) is 11.5 Å². The molecular weight excluding hydrogens is 344 g/mol. The third kappa shape index (κ3) is 4.73. The average molecular weight is 374 g/mol. The largest absolute Gasteiger partial charge is 0.497 e. The molecule has 0 aromatic heterocycles. The highest BCUT2D eigenvalue weighted by Gasteiger charge is 2.29. The first-order valence-corrected chi connectivity index (χ1v) is 9.90. The zero-order valence-electron chi connectivity index (χ0n) is 16.4. The molecule has 6 nitrogen and oxygen atoms in total. The third-order valence-corrected chi connectivity index (χ3v) is 5.69. The molecule has 27 heavy (non-hydrogen) atoms. The molecule has 2 fully saturated rings. The van der Waals surface area contributed by atoms with Gasteiger partial charge in [-0.3, -0.25) is 9.59 Å². The first-order valence-electron chi connectivity index (χ1n) is 9.90. The minimum absolute atomic E-state index is 0.135. The molecule has 1 aromatic carbocycles. The second kappa shape index (κ2) is 9.11. The molecule has 2 saturated heterocycles. The number of rotatable bonds is 7. The molecule has 3 rings (SSSR count). The number of likely N-dealkylation sites (tertiary alicyclic amines) is 2. The molecule has 0 spiro atoms. The van der Waals surface area contributed by atoms with Crippen molar-refractivity contribution in [2.75, 3.05) is 33.9 Å². The lowest BCUT2D eigenvalue weighted by Crippen LogP contribution is -2.46. The summed E-state index contributed by atoms with van der Waals surface area (Å²) < 4.78 is 10.7. The Balaban J connectivity index is 1.63. The molecule has 6 heteroatoms. The number of amides is 2. The van der Waals surface area contributed by atoms with Crippen molar-refractivity contribution in [1.82, 2.24) is 9.80 Å². The Kier molecular flexibility index (Phi) is 6.58. The van der Waals surface area contributed by atoms with E-state index in [2.05, 4.69) is 0 Å². The van der Waals surface area contributed by atoms with E-state index in [9.17, 15) is 9.59 Å². The van der Waals surface area contributed by atoms with Crippen LogP contribution in [0.1, 0.15) is 44.1 Å². The van der Waals surface area contributed by atoms with Gasteiger partial charge in [-0.05, 0) is 38.2 Å². The van der Waals surface area contributed by atoms with Gasteiger partial charge in [0.1, 0.15) is 11.5 Å². The summed E-state index contributed by atoms with van der Waals surface area (Å²) in [4.78, 5) is 28.8. The Morgan fingerprint density at radius 3 is 2.70 bits per heavy atom. The SMILES string of the molecule is COc1ccc(CC(=O)N2CCCCC2CCN2CCCC2=O)c(OC)c1. The molecule has 1 unspecified atom stereocenters. The van der Waals surface area contributed by atoms with Crippen LogP contribution in [0.15, 0.2) is 18.2 Å². The molecule has 148 valence electrons. The quantitative estimate of drug-likeness (QED) is 0.736. The fourth-order valence-corrected chi connectivity index (χ4v) is 4.14. The Bertz CT molecular complexity index is 676. The predicted molar refractivity (Wildman–Crippen MR) is 103 cm³/mol. The fourth-order valence-electron chi connectivity index (χ4n) is 4.14. The standard InChI is InChI=1S/C21H30N2O4/c1-26-18-9-8-16(19(15-18)27-2)14-21(25)23-12-4-3-6-17(23)10-13-22-11-5-7-20(22)24/h8-9,15,17H,3-7,10-14H2,1-2H3. The molecule has 2 aliphatic heterocycles. The smallest absolute Gasteiger partial charge is 0.227 e. The van der Waals surface area contributed by atoms with Gasteiger partial charge in [-0.25, -0.2) is 0 Å². The summed E-state index contributed by atoms with van der Waals surface area (Å²) in [5, 5.41) is 0. The predicted octanol–water partition coefficient (Wildman–Crippen LogP) is 2.64. The van der Waals surface area contributed by atoms with E-state index in [4.69, 9.17) is 9.47 Å². The molecule has 0 bridgehead atoms. The third-order valence-electron chi connectivity index (χ3n) is 5.69. The van der Waals surface area contributed by atoms with Crippen molar-refractivity contribution in [2.24, 2.45) is 0 Å². The van der Waals surface area contributed by atoms with Crippen molar-refractivity contribution in [2.45, 2.75) is 51.0 Å². The number of ether oxygens (including phenoxy) is 2. The van der Waals surface area contributed by atoms with Gasteiger partial charge in [-0.2, -0.15) is 0 Å². The number of nitrogens with zero attached hydrogens (tertiary/aromatic N) is 2. The zero-order valence-corrected chi connectivity index (χ0v) is 16.4. The Morgan fingerprint density at radius 2 is 2.00 bits per heavy atom. The van der Waals surface area contributed by atoms with Crippen LogP contribution in [0.25, 0.3) is 0 Å². The van der Waals surface area contributed by atoms with E-state index in [1.807, 2.05) is 28.0 Å². The van der Waals surface area contributed by atoms with Crippen LogP contribution < -0.4 is 9.47 Å². The Hall–Kier alpha value is -2.24. The summed E-state index contributed by atoms with van der Waals surface area (Å²) in [6.07, 6.45) is 6.05. The van der Waals surface area contributed by atoms with Gasteiger partial charge in [-0.1, -0.05) is 6.07 Å². The van der Waals surface area contributed by atoms with Crippen molar-refractivity contribution in [3.63, 3.8) is 0 Å². The van der Waals surface area contributed by atoms with Crippen LogP contribution in [0.3, 0.4) is 0 Å². The van der Waals surface area contributed by atoms with Crippen LogP contribution in [-0.4, -0.2) is 61.5 Å². The first kappa shape index (κ1) is 19.5. The maximum Gasteiger partial charge on any atom is 0.227 e. The number of carbonyl (C=O) groups is 2. The van der Waals surface area contributed by atoms with E-state index >= 15 is 0 Å². The van der Waals surface area contributed by atoms with E-state index in [0.717, 1.165) is 57.3 Å². The van der Waals surface area contributed by atoms with Gasteiger partial charge in [0.05, 0.1) is 20.6 Å². The first-order chi connectivity index (χ1) is 13.1. The summed E-state index contributed by atoms with van der Waals surface area (Å²) in [6.45, 7) is 2.43. The highest BCUT2D eigenvalue weighted by molar-refractivity contribution is 5.80. The van der Waals surface area contributed by atoms with Gasteiger partial charge in [0.25, 0.3) is 0 Å². The molecule has 2 aliphatic rings. The number of hydrogen-bond donors (Lipinski definition) is 0. The fraction of sp³-hybridized carbons (Fsp3) is 0.619. The van der Waals surface area contributed by atoms with E-state index < -0.39 is 0 Å². The maximum atomic E-state index is 13.0. The van der Waals surface area contributed by atoms with Gasteiger partial charge >= 0.3 is 0 Å². The van der Waals surface area contributed by atoms with Crippen molar-refractivity contribution in [3.05, 3.63) is 23.8 Å². The van der Waals surface area contributed by atoms with Crippen LogP contribution in [-0.2, 0) is 16.0 Å². The summed E-state index contributed by atoms with van der Waals surface area (Å²) in [7, 11) is 3.22. The van der Waals surface area contributed by atoms with Gasteiger partial charge in [-0.15, -0.1) is 0 Å². The monoisotopic (exact) mass is 374 g/mol. The summed E-state index contributed by atoms with van der Waals surface area (Å²) in [6, 6.07) is 5.80. The van der Waals surface area contributed by atoms with Crippen LogP contribution in [0.5, 0.6) is 11.5 Å². The van der Waals surface area contributed by atoms with Crippen molar-refractivity contribution < 1.29 is 19.1 Å². The molecule has 2 amide bonds. The van der Waals surface area contributed by atoms with Crippen LogP contribution in [0, 0.1) is 0 Å². The lowest BCUT2D eigenvalue weighted by Gasteiger charge is -2.37. The lowest BCUT2D eigenvalue weighted by atomic mass is 9.97. The number of carbonyl (C=O) groups excluding carboxylic acids is 2. The molecule has 0 saturated carbocycles. The number of methoxy groups -OCH3 is 2. The van der Waals surface area contributed by atoms with Crippen LogP contribution >= 0.6 is 0 Å². The molecular formula is C21H30N2O4. The number of hydrogen-bond acceptors (Lipinski definition) is 4. The Labute approximate surface area is 161 Å². The van der Waals surface area contributed by atoms with Crippen molar-refractivity contribution in [1.29, 1.82) is 0 Å². The minimum atomic E-state index is 0.135. The van der Waals surface area contributed by atoms with E-state index in [1.165, 1.54) is 0 Å². The number of benzene rings is 1. The highest BCUT2D eigenvalue weighted by atomic mass is 16.5. The van der Waals surface area contributed by atoms with Crippen molar-refractivity contribution >= 4 is 11.8 Å². The molecule has 1 aromatic rings. The van der Waals surface area contributed by atoms with Crippen LogP contribution in [0.2, 0.25) is 0 Å². The molecule has 2 heterocycles. The van der Waals surface area contributed by atoms with Gasteiger partial charge < -0.3 is 19.3 Å². The van der Waals surface area contributed by atoms with E-state index in [-0.39, 0.29) is 17.9 Å². The molecule has 0 N–H and O–H groups in total. The van der Waals surface area contributed by atoms with Crippen LogP contribution in [0.4, 0.5) is 0 Å². The van der Waals surface area contributed by atoms with Gasteiger partial charge in [0.15, 0.2) is 0 Å². The van der Waals surface area contributed by atoms with E-state index in [0.29, 0.717) is 24.3 Å². The maximum absolute atomic E-state index is 13.0. The second-order valence-corrected chi connectivity index (χ2v) is 7.36. The zero-order chi connectivity index (χ0) is 19.2. The molecule has 0 radical (unpaired) electrons. The summed E-state index contributed by atoms with van der Waals surface area (Å²) in [5.74, 6) is 1.79.